The summed E-state index contributed by atoms with van der Waals surface area (Å²) in [6, 6.07) is 9.03. The van der Waals surface area contributed by atoms with Crippen LogP contribution in [0.25, 0.3) is 21.8 Å². The zero-order valence-corrected chi connectivity index (χ0v) is 16.4. The van der Waals surface area contributed by atoms with Crippen molar-refractivity contribution < 1.29 is 14.3 Å². The zero-order chi connectivity index (χ0) is 20.1. The highest BCUT2D eigenvalue weighted by atomic mass is 16.5. The number of ether oxygens (including phenoxy) is 1. The maximum Gasteiger partial charge on any atom is 0.270 e. The predicted octanol–water partition coefficient (Wildman–Crippen LogP) is 2.62. The number of aromatic nitrogens is 2. The summed E-state index contributed by atoms with van der Waals surface area (Å²) in [5.41, 5.74) is 2.15. The molecule has 1 aromatic carbocycles. The van der Waals surface area contributed by atoms with Gasteiger partial charge in [0.15, 0.2) is 0 Å². The molecule has 0 saturated heterocycles. The molecule has 28 heavy (non-hydrogen) atoms. The number of nitrogens with one attached hydrogen (secondary N) is 3. The molecule has 0 radical (unpaired) electrons. The topological polar surface area (TPSA) is 96.1 Å². The Kier molecular flexibility index (Phi) is 6.26. The lowest BCUT2D eigenvalue weighted by Gasteiger charge is -2.23. The number of carbonyl (C=O) groups is 2. The first-order chi connectivity index (χ1) is 13.5. The molecule has 2 heterocycles. The highest BCUT2D eigenvalue weighted by Crippen LogP contribution is 2.25. The molecule has 7 nitrogen and oxygen atoms in total. The lowest BCUT2D eigenvalue weighted by Crippen LogP contribution is -2.50. The highest BCUT2D eigenvalue weighted by molar-refractivity contribution is 6.09. The Morgan fingerprint density at radius 1 is 1.21 bits per heavy atom. The van der Waals surface area contributed by atoms with Crippen LogP contribution in [0.2, 0.25) is 0 Å². The SMILES string of the molecule is CCC(C)C(NC(=O)c1cc2c(cn1)[nH]c1ccccc12)C(=O)NCCOC. The lowest BCUT2D eigenvalue weighted by molar-refractivity contribution is -0.124. The summed E-state index contributed by atoms with van der Waals surface area (Å²) in [6.07, 6.45) is 2.42. The Balaban J connectivity index is 1.82. The van der Waals surface area contributed by atoms with Gasteiger partial charge in [-0.15, -0.1) is 0 Å². The number of aromatic amines is 1. The van der Waals surface area contributed by atoms with Crippen molar-refractivity contribution in [3.8, 4) is 0 Å². The third-order valence-electron chi connectivity index (χ3n) is 5.01. The Morgan fingerprint density at radius 3 is 2.75 bits per heavy atom. The molecule has 3 aromatic rings. The number of benzene rings is 1. The highest BCUT2D eigenvalue weighted by Gasteiger charge is 2.26. The van der Waals surface area contributed by atoms with E-state index in [9.17, 15) is 9.59 Å². The molecule has 3 rings (SSSR count). The van der Waals surface area contributed by atoms with E-state index in [0.717, 1.165) is 28.2 Å². The number of H-pyrrole nitrogens is 1. The van der Waals surface area contributed by atoms with E-state index >= 15 is 0 Å². The van der Waals surface area contributed by atoms with Crippen molar-refractivity contribution in [1.29, 1.82) is 0 Å². The fourth-order valence-electron chi connectivity index (χ4n) is 3.18. The van der Waals surface area contributed by atoms with Gasteiger partial charge in [0.1, 0.15) is 11.7 Å². The standard InChI is InChI=1S/C21H26N4O3/c1-4-13(2)19(21(27)22-9-10-28-3)25-20(26)17-11-15-14-7-5-6-8-16(14)24-18(15)12-23-17/h5-8,11-13,19,24H,4,9-10H2,1-3H3,(H,22,27)(H,25,26). The molecule has 148 valence electrons. The van der Waals surface area contributed by atoms with Gasteiger partial charge >= 0.3 is 0 Å². The number of nitrogens with zero attached hydrogens (tertiary/aromatic N) is 1. The van der Waals surface area contributed by atoms with Gasteiger partial charge in [0.25, 0.3) is 5.91 Å². The molecule has 0 aliphatic heterocycles. The van der Waals surface area contributed by atoms with Crippen LogP contribution in [0.5, 0.6) is 0 Å². The van der Waals surface area contributed by atoms with Crippen LogP contribution in [-0.4, -0.2) is 48.1 Å². The van der Waals surface area contributed by atoms with E-state index in [0.29, 0.717) is 13.2 Å². The average Bonchev–Trinajstić information content (AvgIpc) is 3.09. The van der Waals surface area contributed by atoms with Gasteiger partial charge in [0.2, 0.25) is 5.91 Å². The maximum absolute atomic E-state index is 12.8. The van der Waals surface area contributed by atoms with E-state index < -0.39 is 6.04 Å². The Hall–Kier alpha value is -2.93. The van der Waals surface area contributed by atoms with Gasteiger partial charge in [-0.3, -0.25) is 9.59 Å². The van der Waals surface area contributed by atoms with Crippen LogP contribution in [0.4, 0.5) is 0 Å². The van der Waals surface area contributed by atoms with Gasteiger partial charge in [-0.1, -0.05) is 38.5 Å². The first-order valence-electron chi connectivity index (χ1n) is 9.49. The second-order valence-corrected chi connectivity index (χ2v) is 6.91. The monoisotopic (exact) mass is 382 g/mol. The van der Waals surface area contributed by atoms with Gasteiger partial charge < -0.3 is 20.4 Å². The van der Waals surface area contributed by atoms with E-state index in [1.807, 2.05) is 38.1 Å². The number of amides is 2. The summed E-state index contributed by atoms with van der Waals surface area (Å²) in [7, 11) is 1.58. The van der Waals surface area contributed by atoms with Gasteiger partial charge in [-0.2, -0.15) is 0 Å². The predicted molar refractivity (Wildman–Crippen MR) is 109 cm³/mol. The molecule has 0 aliphatic rings. The van der Waals surface area contributed by atoms with Crippen molar-refractivity contribution in [2.24, 2.45) is 5.92 Å². The van der Waals surface area contributed by atoms with E-state index in [1.54, 1.807) is 19.4 Å². The van der Waals surface area contributed by atoms with Crippen molar-refractivity contribution in [3.63, 3.8) is 0 Å². The summed E-state index contributed by atoms with van der Waals surface area (Å²) in [5, 5.41) is 7.62. The molecular weight excluding hydrogens is 356 g/mol. The lowest BCUT2D eigenvalue weighted by atomic mass is 9.98. The smallest absolute Gasteiger partial charge is 0.270 e. The molecule has 3 N–H and O–H groups in total. The van der Waals surface area contributed by atoms with Crippen LogP contribution in [0, 0.1) is 5.92 Å². The summed E-state index contributed by atoms with van der Waals surface area (Å²) in [4.78, 5) is 32.9. The number of hydrogen-bond donors (Lipinski definition) is 3. The van der Waals surface area contributed by atoms with E-state index in [-0.39, 0.29) is 23.4 Å². The van der Waals surface area contributed by atoms with Gasteiger partial charge in [-0.05, 0) is 18.1 Å². The maximum atomic E-state index is 12.8. The van der Waals surface area contributed by atoms with Crippen LogP contribution in [0.15, 0.2) is 36.5 Å². The third-order valence-corrected chi connectivity index (χ3v) is 5.01. The van der Waals surface area contributed by atoms with Crippen molar-refractivity contribution in [3.05, 3.63) is 42.2 Å². The first-order valence-corrected chi connectivity index (χ1v) is 9.49. The number of hydrogen-bond acceptors (Lipinski definition) is 4. The zero-order valence-electron chi connectivity index (χ0n) is 16.4. The van der Waals surface area contributed by atoms with E-state index in [1.165, 1.54) is 0 Å². The molecule has 0 bridgehead atoms. The van der Waals surface area contributed by atoms with Crippen LogP contribution < -0.4 is 10.6 Å². The average molecular weight is 382 g/mol. The second-order valence-electron chi connectivity index (χ2n) is 6.91. The molecule has 0 spiro atoms. The Labute approximate surface area is 163 Å². The van der Waals surface area contributed by atoms with Crippen LogP contribution >= 0.6 is 0 Å². The first kappa shape index (κ1) is 19.8. The van der Waals surface area contributed by atoms with E-state index in [2.05, 4.69) is 20.6 Å². The number of pyridine rings is 1. The van der Waals surface area contributed by atoms with E-state index in [4.69, 9.17) is 4.74 Å². The van der Waals surface area contributed by atoms with Crippen molar-refractivity contribution in [2.45, 2.75) is 26.3 Å². The van der Waals surface area contributed by atoms with Crippen LogP contribution in [0.1, 0.15) is 30.8 Å². The quantitative estimate of drug-likeness (QED) is 0.522. The van der Waals surface area contributed by atoms with Gasteiger partial charge in [0.05, 0.1) is 18.3 Å². The van der Waals surface area contributed by atoms with Crippen LogP contribution in [-0.2, 0) is 9.53 Å². The number of methoxy groups -OCH3 is 1. The molecule has 0 saturated carbocycles. The number of rotatable bonds is 8. The molecule has 2 unspecified atom stereocenters. The van der Waals surface area contributed by atoms with Crippen molar-refractivity contribution in [1.82, 2.24) is 20.6 Å². The molecule has 2 aromatic heterocycles. The largest absolute Gasteiger partial charge is 0.383 e. The second kappa shape index (κ2) is 8.84. The Morgan fingerprint density at radius 2 is 2.00 bits per heavy atom. The summed E-state index contributed by atoms with van der Waals surface area (Å²) >= 11 is 0. The van der Waals surface area contributed by atoms with Gasteiger partial charge in [0, 0.05) is 29.9 Å². The fraction of sp³-hybridized carbons (Fsp3) is 0.381. The number of para-hydroxylation sites is 1. The minimum absolute atomic E-state index is 0.0108. The summed E-state index contributed by atoms with van der Waals surface area (Å²) < 4.78 is 4.96. The fourth-order valence-corrected chi connectivity index (χ4v) is 3.18. The van der Waals surface area contributed by atoms with Gasteiger partial charge in [-0.25, -0.2) is 4.98 Å². The summed E-state index contributed by atoms with van der Waals surface area (Å²) in [5.74, 6) is -0.587. The Bertz CT molecular complexity index is 982. The summed E-state index contributed by atoms with van der Waals surface area (Å²) in [6.45, 7) is 4.75. The third kappa shape index (κ3) is 4.14. The van der Waals surface area contributed by atoms with Crippen molar-refractivity contribution >= 4 is 33.6 Å². The minimum Gasteiger partial charge on any atom is -0.383 e. The van der Waals surface area contributed by atoms with Crippen LogP contribution in [0.3, 0.4) is 0 Å². The normalized spacial score (nSPS) is 13.4. The molecule has 0 fully saturated rings. The number of carbonyl (C=O) groups excluding carboxylic acids is 2. The molecule has 7 heteroatoms. The molecule has 0 aliphatic carbocycles. The minimum atomic E-state index is -0.630. The number of fused-ring (bicyclic) bond motifs is 3. The molecule has 2 amide bonds. The van der Waals surface area contributed by atoms with Crippen molar-refractivity contribution in [2.75, 3.05) is 20.3 Å². The molecule has 2 atom stereocenters. The molecular formula is C21H26N4O3.